The molecule has 28 heavy (non-hydrogen) atoms. The van der Waals surface area contributed by atoms with E-state index in [1.165, 1.54) is 11.1 Å². The third-order valence-corrected chi connectivity index (χ3v) is 5.25. The van der Waals surface area contributed by atoms with Gasteiger partial charge in [-0.15, -0.1) is 0 Å². The lowest BCUT2D eigenvalue weighted by atomic mass is 10.0. The second kappa shape index (κ2) is 11.1. The second-order valence-corrected chi connectivity index (χ2v) is 7.88. The van der Waals surface area contributed by atoms with Crippen LogP contribution in [0.1, 0.15) is 38.8 Å². The van der Waals surface area contributed by atoms with E-state index in [9.17, 15) is 0 Å². The quantitative estimate of drug-likeness (QED) is 0.624. The number of nitrogens with one attached hydrogen (secondary N) is 1. The summed E-state index contributed by atoms with van der Waals surface area (Å²) >= 11 is 0. The summed E-state index contributed by atoms with van der Waals surface area (Å²) in [4.78, 5) is 2.32. The molecule has 4 nitrogen and oxygen atoms in total. The molecule has 154 valence electrons. The molecule has 0 radical (unpaired) electrons. The maximum Gasteiger partial charge on any atom is 0.119 e. The largest absolute Gasteiger partial charge is 0.492 e. The van der Waals surface area contributed by atoms with Gasteiger partial charge in [-0.1, -0.05) is 24.3 Å². The lowest BCUT2D eigenvalue weighted by molar-refractivity contribution is 0.145. The molecule has 0 aliphatic heterocycles. The normalized spacial score (nSPS) is 13.6. The summed E-state index contributed by atoms with van der Waals surface area (Å²) in [5.41, 5.74) is 2.55. The van der Waals surface area contributed by atoms with E-state index in [-0.39, 0.29) is 0 Å². The van der Waals surface area contributed by atoms with Crippen LogP contribution in [-0.2, 0) is 6.42 Å². The fraction of sp³-hybridized carbons (Fsp3) is 0.500. The van der Waals surface area contributed by atoms with Gasteiger partial charge in [-0.05, 0) is 83.6 Å². The Labute approximate surface area is 170 Å². The van der Waals surface area contributed by atoms with Gasteiger partial charge in [-0.2, -0.15) is 0 Å². The van der Waals surface area contributed by atoms with Crippen LogP contribution in [0.3, 0.4) is 0 Å². The predicted octanol–water partition coefficient (Wildman–Crippen LogP) is 4.37. The third-order valence-electron chi connectivity index (χ3n) is 5.25. The number of hydrogen-bond acceptors (Lipinski definition) is 4. The first-order valence-corrected chi connectivity index (χ1v) is 10.2. The monoisotopic (exact) mass is 384 g/mol. The highest BCUT2D eigenvalue weighted by Gasteiger charge is 2.12. The van der Waals surface area contributed by atoms with Crippen molar-refractivity contribution in [3.05, 3.63) is 59.7 Å². The smallest absolute Gasteiger partial charge is 0.119 e. The van der Waals surface area contributed by atoms with Crippen molar-refractivity contribution in [1.82, 2.24) is 10.2 Å². The minimum Gasteiger partial charge on any atom is -0.492 e. The highest BCUT2D eigenvalue weighted by atomic mass is 16.5. The Balaban J connectivity index is 1.83. The van der Waals surface area contributed by atoms with Crippen molar-refractivity contribution in [3.63, 3.8) is 0 Å². The summed E-state index contributed by atoms with van der Waals surface area (Å²) < 4.78 is 11.7. The Hall–Kier alpha value is -2.04. The first kappa shape index (κ1) is 22.3. The fourth-order valence-electron chi connectivity index (χ4n) is 2.79. The number of likely N-dealkylation sites (N-methyl/N-ethyl adjacent to an activating group) is 2. The van der Waals surface area contributed by atoms with E-state index < -0.39 is 0 Å². The summed E-state index contributed by atoms with van der Waals surface area (Å²) in [5, 5.41) is 3.17. The zero-order valence-corrected chi connectivity index (χ0v) is 18.2. The Morgan fingerprint density at radius 2 is 1.25 bits per heavy atom. The molecule has 1 N–H and O–H groups in total. The molecule has 0 saturated heterocycles. The van der Waals surface area contributed by atoms with E-state index >= 15 is 0 Å². The van der Waals surface area contributed by atoms with Crippen LogP contribution in [0, 0.1) is 0 Å². The predicted molar refractivity (Wildman–Crippen MR) is 118 cm³/mol. The van der Waals surface area contributed by atoms with Gasteiger partial charge in [0.1, 0.15) is 24.7 Å². The third kappa shape index (κ3) is 7.17. The van der Waals surface area contributed by atoms with Crippen molar-refractivity contribution in [3.8, 4) is 11.5 Å². The van der Waals surface area contributed by atoms with Crippen LogP contribution in [-0.4, -0.2) is 50.3 Å². The van der Waals surface area contributed by atoms with Crippen molar-refractivity contribution in [1.29, 1.82) is 0 Å². The van der Waals surface area contributed by atoms with Gasteiger partial charge >= 0.3 is 0 Å². The van der Waals surface area contributed by atoms with Gasteiger partial charge in [0, 0.05) is 18.1 Å². The number of ether oxygens (including phenoxy) is 2. The van der Waals surface area contributed by atoms with Crippen molar-refractivity contribution in [2.75, 3.05) is 27.3 Å². The molecule has 2 rings (SSSR count). The molecule has 0 bridgehead atoms. The fourth-order valence-corrected chi connectivity index (χ4v) is 2.79. The summed E-state index contributed by atoms with van der Waals surface area (Å²) in [6.07, 6.45) is 0.903. The topological polar surface area (TPSA) is 33.7 Å². The molecule has 0 amide bonds. The molecular weight excluding hydrogens is 348 g/mol. The summed E-state index contributed by atoms with van der Waals surface area (Å²) in [6.45, 7) is 10.1. The summed E-state index contributed by atoms with van der Waals surface area (Å²) in [6, 6.07) is 18.0. The standard InChI is InChI=1S/C24H36N2O2/c1-18(2)26(6)20(4)17-28-24-13-9-22(10-14-24)15-21-7-11-23(12-8-21)27-16-19(3)25-5/h7-14,18-20,25H,15-17H2,1-6H3. The highest BCUT2D eigenvalue weighted by molar-refractivity contribution is 5.34. The Morgan fingerprint density at radius 3 is 1.68 bits per heavy atom. The van der Waals surface area contributed by atoms with E-state index in [1.807, 2.05) is 19.2 Å². The minimum atomic E-state index is 0.342. The minimum absolute atomic E-state index is 0.342. The van der Waals surface area contributed by atoms with E-state index in [1.54, 1.807) is 0 Å². The van der Waals surface area contributed by atoms with Gasteiger partial charge in [-0.3, -0.25) is 4.90 Å². The zero-order valence-electron chi connectivity index (χ0n) is 18.2. The van der Waals surface area contributed by atoms with Crippen LogP contribution in [0.25, 0.3) is 0 Å². The summed E-state index contributed by atoms with van der Waals surface area (Å²) in [7, 11) is 4.08. The molecule has 0 aromatic heterocycles. The highest BCUT2D eigenvalue weighted by Crippen LogP contribution is 2.18. The Kier molecular flexibility index (Phi) is 8.81. The van der Waals surface area contributed by atoms with Crippen LogP contribution >= 0.6 is 0 Å². The van der Waals surface area contributed by atoms with Gasteiger partial charge in [0.25, 0.3) is 0 Å². The second-order valence-electron chi connectivity index (χ2n) is 7.88. The molecule has 0 fully saturated rings. The lowest BCUT2D eigenvalue weighted by Crippen LogP contribution is -2.38. The van der Waals surface area contributed by atoms with Crippen LogP contribution in [0.5, 0.6) is 11.5 Å². The molecule has 0 saturated carbocycles. The molecule has 2 atom stereocenters. The Bertz CT molecular complexity index is 683. The van der Waals surface area contributed by atoms with E-state index in [0.29, 0.717) is 31.3 Å². The molecule has 2 unspecified atom stereocenters. The number of hydrogen-bond donors (Lipinski definition) is 1. The average Bonchev–Trinajstić information content (AvgIpc) is 2.71. The van der Waals surface area contributed by atoms with Gasteiger partial charge in [0.15, 0.2) is 0 Å². The van der Waals surface area contributed by atoms with E-state index in [4.69, 9.17) is 9.47 Å². The maximum atomic E-state index is 5.95. The number of benzene rings is 2. The van der Waals surface area contributed by atoms with Gasteiger partial charge in [-0.25, -0.2) is 0 Å². The maximum absolute atomic E-state index is 5.95. The van der Waals surface area contributed by atoms with Crippen LogP contribution in [0.4, 0.5) is 0 Å². The molecule has 2 aromatic rings. The van der Waals surface area contributed by atoms with Gasteiger partial charge < -0.3 is 14.8 Å². The van der Waals surface area contributed by atoms with Crippen LogP contribution in [0.15, 0.2) is 48.5 Å². The van der Waals surface area contributed by atoms with Crippen LogP contribution in [0.2, 0.25) is 0 Å². The molecule has 0 spiro atoms. The average molecular weight is 385 g/mol. The molecule has 0 aliphatic rings. The van der Waals surface area contributed by atoms with Gasteiger partial charge in [0.2, 0.25) is 0 Å². The van der Waals surface area contributed by atoms with Crippen molar-refractivity contribution in [2.24, 2.45) is 0 Å². The van der Waals surface area contributed by atoms with Crippen molar-refractivity contribution in [2.45, 2.75) is 52.2 Å². The Morgan fingerprint density at radius 1 is 0.786 bits per heavy atom. The number of rotatable bonds is 11. The lowest BCUT2D eigenvalue weighted by Gasteiger charge is -2.28. The molecule has 0 heterocycles. The van der Waals surface area contributed by atoms with Crippen LogP contribution < -0.4 is 14.8 Å². The van der Waals surface area contributed by atoms with E-state index in [0.717, 1.165) is 17.9 Å². The molecule has 2 aromatic carbocycles. The van der Waals surface area contributed by atoms with Gasteiger partial charge in [0.05, 0.1) is 0 Å². The molecule has 0 aliphatic carbocycles. The SMILES string of the molecule is CNC(C)COc1ccc(Cc2ccc(OCC(C)N(C)C(C)C)cc2)cc1. The van der Waals surface area contributed by atoms with Crippen molar-refractivity contribution < 1.29 is 9.47 Å². The first-order chi connectivity index (χ1) is 13.4. The molecule has 4 heteroatoms. The molecular formula is C24H36N2O2. The number of nitrogens with zero attached hydrogens (tertiary/aromatic N) is 1. The summed E-state index contributed by atoms with van der Waals surface area (Å²) in [5.74, 6) is 1.84. The van der Waals surface area contributed by atoms with Crippen molar-refractivity contribution >= 4 is 0 Å². The first-order valence-electron chi connectivity index (χ1n) is 10.2. The zero-order chi connectivity index (χ0) is 20.5. The van der Waals surface area contributed by atoms with E-state index in [2.05, 4.69) is 81.4 Å².